The Balaban J connectivity index is 5.84. The van der Waals surface area contributed by atoms with Crippen molar-refractivity contribution in [2.24, 2.45) is 0 Å². The zero-order valence-corrected chi connectivity index (χ0v) is 11.5. The smallest absolute Gasteiger partial charge is 0.402 e. The van der Waals surface area contributed by atoms with Crippen molar-refractivity contribution in [2.75, 3.05) is 0 Å². The Morgan fingerprint density at radius 3 is 1.46 bits per heavy atom. The molecule has 0 rings (SSSR count). The van der Waals surface area contributed by atoms with Gasteiger partial charge in [0.25, 0.3) is 0 Å². The number of hydrogen-bond donors (Lipinski definition) is 0. The first-order valence-electron chi connectivity index (χ1n) is 5.30. The van der Waals surface area contributed by atoms with Crippen LogP contribution in [-0.4, -0.2) is 48.3 Å². The average molecular weight is 409 g/mol. The molecule has 0 aromatic carbocycles. The molecule has 0 N–H and O–H groups in total. The van der Waals surface area contributed by atoms with Crippen molar-refractivity contribution in [3.8, 4) is 0 Å². The van der Waals surface area contributed by atoms with E-state index in [0.29, 0.717) is 0 Å². The van der Waals surface area contributed by atoms with Gasteiger partial charge in [0, 0.05) is 6.42 Å². The van der Waals surface area contributed by atoms with Crippen LogP contribution in [0.5, 0.6) is 0 Å². The van der Waals surface area contributed by atoms with E-state index >= 15 is 0 Å². The van der Waals surface area contributed by atoms with Crippen LogP contribution in [0, 0.1) is 0 Å². The van der Waals surface area contributed by atoms with E-state index < -0.39 is 58.3 Å². The van der Waals surface area contributed by atoms with Gasteiger partial charge >= 0.3 is 29.2 Å². The maximum absolute atomic E-state index is 13.0. The Hall–Kier alpha value is -0.930. The molecule has 0 fully saturated rings. The summed E-state index contributed by atoms with van der Waals surface area (Å²) in [6, 6.07) is 0. The predicted octanol–water partition coefficient (Wildman–Crippen LogP) is 3.71. The third kappa shape index (κ3) is 3.83. The van der Waals surface area contributed by atoms with E-state index in [4.69, 9.17) is 0 Å². The lowest BCUT2D eigenvalue weighted by molar-refractivity contribution is -0.360. The van der Waals surface area contributed by atoms with Crippen molar-refractivity contribution in [1.29, 1.82) is 0 Å². The first-order chi connectivity index (χ1) is 10.1. The molecule has 0 aromatic rings. The van der Waals surface area contributed by atoms with Crippen molar-refractivity contribution >= 4 is 10.1 Å². The Bertz CT molecular complexity index is 551. The minimum absolute atomic E-state index is 2.50. The van der Waals surface area contributed by atoms with Gasteiger partial charge in [0.1, 0.15) is 0 Å². The lowest BCUT2D eigenvalue weighted by atomic mass is 9.97. The van der Waals surface area contributed by atoms with Gasteiger partial charge in [-0.05, 0) is 6.42 Å². The van der Waals surface area contributed by atoms with Gasteiger partial charge in [-0.3, -0.25) is 0 Å². The molecule has 16 heteroatoms. The van der Waals surface area contributed by atoms with Gasteiger partial charge < -0.3 is 4.55 Å². The largest absolute Gasteiger partial charge is 0.743 e. The van der Waals surface area contributed by atoms with Crippen LogP contribution < -0.4 is 0 Å². The number of halogens is 12. The number of rotatable bonds is 7. The summed E-state index contributed by atoms with van der Waals surface area (Å²) in [5.74, 6) is -22.0. The summed E-state index contributed by atoms with van der Waals surface area (Å²) in [5, 5.41) is -7.29. The van der Waals surface area contributed by atoms with Crippen molar-refractivity contribution in [3.05, 3.63) is 0 Å². The minimum atomic E-state index is -7.62. The molecule has 146 valence electrons. The summed E-state index contributed by atoms with van der Waals surface area (Å²) in [6.07, 6.45) is -15.1. The van der Waals surface area contributed by atoms with Crippen molar-refractivity contribution < 1.29 is 65.7 Å². The molecular formula is C8H5F12O3S-. The molecule has 0 aromatic heterocycles. The van der Waals surface area contributed by atoms with E-state index in [1.54, 1.807) is 0 Å². The van der Waals surface area contributed by atoms with Gasteiger partial charge in [0.2, 0.25) is 0 Å². The fourth-order valence-corrected chi connectivity index (χ4v) is 1.66. The zero-order chi connectivity index (χ0) is 20.0. The second-order valence-electron chi connectivity index (χ2n) is 4.36. The monoisotopic (exact) mass is 409 g/mol. The maximum Gasteiger partial charge on any atom is 0.402 e. The van der Waals surface area contributed by atoms with Crippen LogP contribution in [0.25, 0.3) is 0 Å². The van der Waals surface area contributed by atoms with Crippen LogP contribution >= 0.6 is 0 Å². The number of alkyl halides is 12. The first-order valence-corrected chi connectivity index (χ1v) is 6.71. The molecule has 3 nitrogen and oxygen atoms in total. The molecule has 0 amide bonds. The van der Waals surface area contributed by atoms with Crippen molar-refractivity contribution in [3.63, 3.8) is 0 Å². The second kappa shape index (κ2) is 6.10. The van der Waals surface area contributed by atoms with Crippen LogP contribution in [-0.2, 0) is 10.1 Å². The zero-order valence-electron chi connectivity index (χ0n) is 10.7. The minimum Gasteiger partial charge on any atom is -0.743 e. The third-order valence-electron chi connectivity index (χ3n) is 2.57. The fraction of sp³-hybridized carbons (Fsp3) is 1.00. The standard InChI is InChI=1S/C8H6F12O3S/c9-3(1-2-4(10,11)12)5(13,14)6(15,16)7(17,18)8(19,20)24(21,22)23/h3H,1-2H2,(H,21,22,23)/p-1. The Kier molecular flexibility index (Phi) is 5.87. The van der Waals surface area contributed by atoms with E-state index in [1.807, 2.05) is 0 Å². The maximum atomic E-state index is 13.0. The molecule has 0 heterocycles. The molecule has 24 heavy (non-hydrogen) atoms. The van der Waals surface area contributed by atoms with Crippen molar-refractivity contribution in [2.45, 2.75) is 48.2 Å². The summed E-state index contributed by atoms with van der Waals surface area (Å²) in [5.41, 5.74) is 0. The van der Waals surface area contributed by atoms with Gasteiger partial charge in [-0.2, -0.15) is 48.3 Å². The van der Waals surface area contributed by atoms with E-state index in [-0.39, 0.29) is 0 Å². The van der Waals surface area contributed by atoms with E-state index in [9.17, 15) is 65.7 Å². The molecule has 1 unspecified atom stereocenters. The molecule has 0 radical (unpaired) electrons. The molecule has 0 spiro atoms. The highest BCUT2D eigenvalue weighted by Gasteiger charge is 2.84. The van der Waals surface area contributed by atoms with Crippen LogP contribution in [0.1, 0.15) is 12.8 Å². The van der Waals surface area contributed by atoms with Gasteiger partial charge in [-0.25, -0.2) is 12.8 Å². The molecule has 0 saturated carbocycles. The lowest BCUT2D eigenvalue weighted by Gasteiger charge is -2.38. The highest BCUT2D eigenvalue weighted by molar-refractivity contribution is 7.86. The molecule has 0 aliphatic carbocycles. The summed E-state index contributed by atoms with van der Waals surface area (Å²) < 4.78 is 180. The molecule has 0 saturated heterocycles. The van der Waals surface area contributed by atoms with Crippen LogP contribution in [0.2, 0.25) is 0 Å². The van der Waals surface area contributed by atoms with E-state index in [1.165, 1.54) is 0 Å². The van der Waals surface area contributed by atoms with Gasteiger partial charge in [-0.15, -0.1) is 0 Å². The molecule has 1 atom stereocenters. The Labute approximate surface area is 125 Å². The van der Waals surface area contributed by atoms with E-state index in [0.717, 1.165) is 0 Å². The van der Waals surface area contributed by atoms with Crippen LogP contribution in [0.3, 0.4) is 0 Å². The first kappa shape index (κ1) is 23.1. The summed E-state index contributed by atoms with van der Waals surface area (Å²) in [6.45, 7) is 0. The summed E-state index contributed by atoms with van der Waals surface area (Å²) >= 11 is 0. The molecule has 0 bridgehead atoms. The quantitative estimate of drug-likeness (QED) is 0.476. The summed E-state index contributed by atoms with van der Waals surface area (Å²) in [4.78, 5) is 0. The van der Waals surface area contributed by atoms with Crippen LogP contribution in [0.15, 0.2) is 0 Å². The van der Waals surface area contributed by atoms with E-state index in [2.05, 4.69) is 0 Å². The summed E-state index contributed by atoms with van der Waals surface area (Å²) in [7, 11) is -7.61. The second-order valence-corrected chi connectivity index (χ2v) is 5.79. The fourth-order valence-electron chi connectivity index (χ4n) is 1.22. The molecule has 0 aliphatic heterocycles. The Morgan fingerprint density at radius 1 is 0.792 bits per heavy atom. The predicted molar refractivity (Wildman–Crippen MR) is 49.7 cm³/mol. The normalized spacial score (nSPS) is 17.0. The molecule has 0 aliphatic rings. The highest BCUT2D eigenvalue weighted by atomic mass is 32.2. The topological polar surface area (TPSA) is 57.2 Å². The average Bonchev–Trinajstić information content (AvgIpc) is 2.32. The Morgan fingerprint density at radius 2 is 1.17 bits per heavy atom. The van der Waals surface area contributed by atoms with Gasteiger partial charge in [0.05, 0.1) is 0 Å². The number of hydrogen-bond acceptors (Lipinski definition) is 3. The van der Waals surface area contributed by atoms with Crippen molar-refractivity contribution in [1.82, 2.24) is 0 Å². The van der Waals surface area contributed by atoms with Crippen LogP contribution in [0.4, 0.5) is 52.7 Å². The van der Waals surface area contributed by atoms with Gasteiger partial charge in [-0.1, -0.05) is 0 Å². The molecular weight excluding hydrogens is 404 g/mol. The highest BCUT2D eigenvalue weighted by Crippen LogP contribution is 2.55. The SMILES string of the molecule is O=S(=O)([O-])C(F)(F)C(F)(F)C(F)(F)C(F)(F)C(F)CCC(F)(F)F. The van der Waals surface area contributed by atoms with Gasteiger partial charge in [0.15, 0.2) is 16.3 Å². The lowest BCUT2D eigenvalue weighted by Crippen LogP contribution is -2.66. The third-order valence-corrected chi connectivity index (χ3v) is 3.45.